The maximum Gasteiger partial charge on any atom is 0.246 e. The molecule has 4 aromatic rings. The molecule has 0 aliphatic heterocycles. The molecule has 0 aliphatic carbocycles. The Morgan fingerprint density at radius 3 is 2.65 bits per heavy atom. The van der Waals surface area contributed by atoms with Crippen LogP contribution in [-0.2, 0) is 11.3 Å². The van der Waals surface area contributed by atoms with E-state index < -0.39 is 0 Å². The van der Waals surface area contributed by atoms with E-state index in [1.54, 1.807) is 23.9 Å². The van der Waals surface area contributed by atoms with E-state index >= 15 is 0 Å². The van der Waals surface area contributed by atoms with Crippen LogP contribution in [0.2, 0.25) is 5.02 Å². The number of hydrogen-bond donors (Lipinski definition) is 1. The number of methoxy groups -OCH3 is 1. The van der Waals surface area contributed by atoms with E-state index in [0.717, 1.165) is 11.1 Å². The number of halogens is 1. The number of carbonyl (C=O) groups excluding carboxylic acids is 1. The number of aromatic nitrogens is 4. The van der Waals surface area contributed by atoms with Gasteiger partial charge in [-0.25, -0.2) is 9.36 Å². The van der Waals surface area contributed by atoms with E-state index in [1.165, 1.54) is 4.68 Å². The first-order valence-corrected chi connectivity index (χ1v) is 10.3. The fourth-order valence-corrected chi connectivity index (χ4v) is 3.59. The normalized spacial score (nSPS) is 10.8. The summed E-state index contributed by atoms with van der Waals surface area (Å²) in [4.78, 5) is 12.7. The molecule has 2 aromatic heterocycles. The Morgan fingerprint density at radius 2 is 1.94 bits per heavy atom. The second-order valence-corrected chi connectivity index (χ2v) is 7.66. The second-order valence-electron chi connectivity index (χ2n) is 6.88. The van der Waals surface area contributed by atoms with Gasteiger partial charge in [0.1, 0.15) is 12.3 Å². The summed E-state index contributed by atoms with van der Waals surface area (Å²) >= 11 is 11.8. The summed E-state index contributed by atoms with van der Waals surface area (Å²) in [7, 11) is 1.61. The fourth-order valence-electron chi connectivity index (χ4n) is 3.12. The predicted octanol–water partition coefficient (Wildman–Crippen LogP) is 4.80. The van der Waals surface area contributed by atoms with Crippen LogP contribution >= 0.6 is 23.8 Å². The summed E-state index contributed by atoms with van der Waals surface area (Å²) < 4.78 is 10.8. The van der Waals surface area contributed by atoms with Crippen molar-refractivity contribution in [1.29, 1.82) is 0 Å². The molecule has 0 aliphatic rings. The van der Waals surface area contributed by atoms with Gasteiger partial charge in [0.15, 0.2) is 5.82 Å². The van der Waals surface area contributed by atoms with E-state index in [9.17, 15) is 4.79 Å². The Hall–Kier alpha value is -3.36. The van der Waals surface area contributed by atoms with E-state index in [4.69, 9.17) is 28.6 Å². The number of nitrogens with one attached hydrogen (secondary N) is 1. The Bertz CT molecular complexity index is 1290. The lowest BCUT2D eigenvalue weighted by Crippen LogP contribution is -2.20. The van der Waals surface area contributed by atoms with Gasteiger partial charge in [0.2, 0.25) is 10.7 Å². The molecule has 0 saturated carbocycles. The highest BCUT2D eigenvalue weighted by molar-refractivity contribution is 7.71. The molecule has 0 bridgehead atoms. The van der Waals surface area contributed by atoms with Crippen molar-refractivity contribution in [3.63, 3.8) is 0 Å². The third-order valence-electron chi connectivity index (χ3n) is 4.71. The second kappa shape index (κ2) is 8.79. The van der Waals surface area contributed by atoms with E-state index in [-0.39, 0.29) is 12.5 Å². The molecule has 0 unspecified atom stereocenters. The molecule has 0 radical (unpaired) electrons. The van der Waals surface area contributed by atoms with Gasteiger partial charge in [-0.15, -0.1) is 5.10 Å². The molecule has 158 valence electrons. The van der Waals surface area contributed by atoms with Crippen LogP contribution in [0, 0.1) is 11.7 Å². The van der Waals surface area contributed by atoms with E-state index in [0.29, 0.717) is 27.1 Å². The molecule has 0 fully saturated rings. The summed E-state index contributed by atoms with van der Waals surface area (Å²) in [6.45, 7) is 1.86. The quantitative estimate of drug-likeness (QED) is 0.426. The third kappa shape index (κ3) is 4.40. The molecule has 2 heterocycles. The standard InChI is InChI=1S/C22H20ClN5O2S/c1-15-8-9-17(13-19(15)23)24-20(29)14-27-22(31)28(26-10-3-4-11-26)21(25-27)16-6-5-7-18(12-16)30-2/h3-13H,14H2,1-2H3,(H,24,29). The van der Waals surface area contributed by atoms with Crippen LogP contribution in [0.15, 0.2) is 67.0 Å². The lowest BCUT2D eigenvalue weighted by Gasteiger charge is -2.08. The molecule has 1 N–H and O–H groups in total. The van der Waals surface area contributed by atoms with Crippen molar-refractivity contribution in [2.24, 2.45) is 0 Å². The first kappa shape index (κ1) is 20.9. The highest BCUT2D eigenvalue weighted by Crippen LogP contribution is 2.24. The number of ether oxygens (including phenoxy) is 1. The molecule has 7 nitrogen and oxygen atoms in total. The Balaban J connectivity index is 1.69. The maximum absolute atomic E-state index is 12.7. The lowest BCUT2D eigenvalue weighted by molar-refractivity contribution is -0.116. The zero-order valence-electron chi connectivity index (χ0n) is 16.9. The molecule has 1 amide bonds. The van der Waals surface area contributed by atoms with Crippen molar-refractivity contribution in [2.75, 3.05) is 12.4 Å². The summed E-state index contributed by atoms with van der Waals surface area (Å²) in [5.41, 5.74) is 2.36. The number of rotatable bonds is 6. The largest absolute Gasteiger partial charge is 0.497 e. The molecular formula is C22H20ClN5O2S. The number of benzene rings is 2. The van der Waals surface area contributed by atoms with Gasteiger partial charge < -0.3 is 10.1 Å². The van der Waals surface area contributed by atoms with Gasteiger partial charge in [-0.05, 0) is 61.1 Å². The monoisotopic (exact) mass is 453 g/mol. The lowest BCUT2D eigenvalue weighted by atomic mass is 10.2. The Morgan fingerprint density at radius 1 is 1.16 bits per heavy atom. The minimum Gasteiger partial charge on any atom is -0.497 e. The maximum atomic E-state index is 12.7. The smallest absolute Gasteiger partial charge is 0.246 e. The first-order chi connectivity index (χ1) is 15.0. The Kier molecular flexibility index (Phi) is 5.92. The summed E-state index contributed by atoms with van der Waals surface area (Å²) in [6.07, 6.45) is 3.72. The average molecular weight is 454 g/mol. The van der Waals surface area contributed by atoms with Gasteiger partial charge in [-0.3, -0.25) is 9.47 Å². The molecule has 9 heteroatoms. The van der Waals surface area contributed by atoms with Crippen molar-refractivity contribution in [1.82, 2.24) is 19.1 Å². The van der Waals surface area contributed by atoms with Gasteiger partial charge >= 0.3 is 0 Å². The summed E-state index contributed by atoms with van der Waals surface area (Å²) in [5.74, 6) is 1.03. The van der Waals surface area contributed by atoms with Gasteiger partial charge in [0.05, 0.1) is 7.11 Å². The molecule has 2 aromatic carbocycles. The van der Waals surface area contributed by atoms with Crippen LogP contribution in [0.25, 0.3) is 11.4 Å². The molecule has 4 rings (SSSR count). The average Bonchev–Trinajstić information content (AvgIpc) is 3.39. The zero-order chi connectivity index (χ0) is 22.0. The van der Waals surface area contributed by atoms with Crippen LogP contribution in [0.5, 0.6) is 5.75 Å². The van der Waals surface area contributed by atoms with Crippen molar-refractivity contribution in [3.8, 4) is 17.1 Å². The number of nitrogens with zero attached hydrogens (tertiary/aromatic N) is 4. The van der Waals surface area contributed by atoms with Gasteiger partial charge in [0.25, 0.3) is 0 Å². The minimum atomic E-state index is -0.259. The zero-order valence-corrected chi connectivity index (χ0v) is 18.5. The molecule has 0 saturated heterocycles. The summed E-state index contributed by atoms with van der Waals surface area (Å²) in [6, 6.07) is 16.7. The third-order valence-corrected chi connectivity index (χ3v) is 5.51. The number of anilines is 1. The van der Waals surface area contributed by atoms with E-state index in [1.807, 2.05) is 66.5 Å². The SMILES string of the molecule is COc1cccc(-c2nn(CC(=O)Nc3ccc(C)c(Cl)c3)c(=S)n2-n2cccc2)c1. The van der Waals surface area contributed by atoms with Crippen molar-refractivity contribution < 1.29 is 9.53 Å². The predicted molar refractivity (Wildman–Crippen MR) is 123 cm³/mol. The minimum absolute atomic E-state index is 0.0461. The number of aryl methyl sites for hydroxylation is 1. The van der Waals surface area contributed by atoms with Crippen molar-refractivity contribution in [3.05, 3.63) is 82.3 Å². The van der Waals surface area contributed by atoms with Gasteiger partial charge in [0, 0.05) is 28.7 Å². The van der Waals surface area contributed by atoms with Crippen molar-refractivity contribution >= 4 is 35.4 Å². The van der Waals surface area contributed by atoms with Crippen LogP contribution in [0.1, 0.15) is 5.56 Å². The molecule has 0 spiro atoms. The number of carbonyl (C=O) groups is 1. The van der Waals surface area contributed by atoms with Crippen LogP contribution in [0.4, 0.5) is 5.69 Å². The van der Waals surface area contributed by atoms with Crippen LogP contribution in [0.3, 0.4) is 0 Å². The van der Waals surface area contributed by atoms with Crippen LogP contribution in [-0.4, -0.2) is 32.1 Å². The topological polar surface area (TPSA) is 66.0 Å². The highest BCUT2D eigenvalue weighted by atomic mass is 35.5. The van der Waals surface area contributed by atoms with E-state index in [2.05, 4.69) is 10.4 Å². The molecule has 31 heavy (non-hydrogen) atoms. The first-order valence-electron chi connectivity index (χ1n) is 9.50. The van der Waals surface area contributed by atoms with Gasteiger partial charge in [-0.2, -0.15) is 0 Å². The Labute approximate surface area is 189 Å². The van der Waals surface area contributed by atoms with Gasteiger partial charge in [-0.1, -0.05) is 29.8 Å². The number of hydrogen-bond acceptors (Lipinski definition) is 4. The summed E-state index contributed by atoms with van der Waals surface area (Å²) in [5, 5.41) is 8.07. The fraction of sp³-hybridized carbons (Fsp3) is 0.136. The van der Waals surface area contributed by atoms with Crippen molar-refractivity contribution in [2.45, 2.75) is 13.5 Å². The highest BCUT2D eigenvalue weighted by Gasteiger charge is 2.17. The van der Waals surface area contributed by atoms with Crippen LogP contribution < -0.4 is 10.1 Å². The molecule has 0 atom stereocenters. The number of amides is 1. The molecular weight excluding hydrogens is 434 g/mol.